The first kappa shape index (κ1) is 21.8. The van der Waals surface area contributed by atoms with E-state index in [2.05, 4.69) is 47.9 Å². The molecular formula is C26H25N5O3S. The molecule has 0 saturated carbocycles. The van der Waals surface area contributed by atoms with E-state index in [1.54, 1.807) is 16.2 Å². The minimum Gasteiger partial charge on any atom is -0.365 e. The first-order chi connectivity index (χ1) is 16.7. The van der Waals surface area contributed by atoms with E-state index >= 15 is 0 Å². The van der Waals surface area contributed by atoms with Crippen LogP contribution in [0.4, 0.5) is 5.82 Å². The highest BCUT2D eigenvalue weighted by Gasteiger charge is 2.39. The number of hydrogen-bond donors (Lipinski definition) is 2. The maximum atomic E-state index is 13.1. The Kier molecular flexibility index (Phi) is 4.76. The highest BCUT2D eigenvalue weighted by molar-refractivity contribution is 7.23. The molecule has 178 valence electrons. The molecule has 2 aliphatic rings. The van der Waals surface area contributed by atoms with Gasteiger partial charge in [0, 0.05) is 29.6 Å². The molecule has 4 aromatic rings. The predicted octanol–water partition coefficient (Wildman–Crippen LogP) is 4.19. The minimum atomic E-state index is -0.626. The molecule has 2 aromatic carbocycles. The first-order valence-corrected chi connectivity index (χ1v) is 12.5. The van der Waals surface area contributed by atoms with Crippen molar-refractivity contribution in [1.82, 2.24) is 19.6 Å². The summed E-state index contributed by atoms with van der Waals surface area (Å²) in [5.74, 6) is 0.0477. The zero-order valence-electron chi connectivity index (χ0n) is 19.7. The third-order valence-electron chi connectivity index (χ3n) is 6.44. The Morgan fingerprint density at radius 1 is 1.11 bits per heavy atom. The van der Waals surface area contributed by atoms with Gasteiger partial charge in [-0.1, -0.05) is 29.5 Å². The second-order valence-electron chi connectivity index (χ2n) is 10.1. The molecule has 1 fully saturated rings. The van der Waals surface area contributed by atoms with E-state index in [9.17, 15) is 14.4 Å². The molecule has 35 heavy (non-hydrogen) atoms. The number of carbonyl (C=O) groups is 3. The van der Waals surface area contributed by atoms with Crippen molar-refractivity contribution in [2.45, 2.75) is 51.7 Å². The van der Waals surface area contributed by atoms with E-state index in [4.69, 9.17) is 4.98 Å². The van der Waals surface area contributed by atoms with Crippen LogP contribution in [0.3, 0.4) is 0 Å². The third-order valence-corrected chi connectivity index (χ3v) is 7.47. The van der Waals surface area contributed by atoms with Gasteiger partial charge < -0.3 is 10.2 Å². The summed E-state index contributed by atoms with van der Waals surface area (Å²) in [4.78, 5) is 44.5. The van der Waals surface area contributed by atoms with Gasteiger partial charge in [0.05, 0.1) is 10.2 Å². The zero-order chi connectivity index (χ0) is 24.5. The number of hydrogen-bond acceptors (Lipinski definition) is 6. The monoisotopic (exact) mass is 487 g/mol. The number of benzene rings is 2. The Hall–Kier alpha value is -3.72. The van der Waals surface area contributed by atoms with Gasteiger partial charge in [0.25, 0.3) is 5.91 Å². The molecule has 6 rings (SSSR count). The molecule has 1 saturated heterocycles. The molecule has 0 bridgehead atoms. The van der Waals surface area contributed by atoms with Crippen molar-refractivity contribution in [2.75, 3.05) is 5.32 Å². The maximum absolute atomic E-state index is 13.1. The minimum absolute atomic E-state index is 0.175. The van der Waals surface area contributed by atoms with E-state index in [0.29, 0.717) is 18.5 Å². The number of nitrogens with one attached hydrogen (secondary N) is 2. The summed E-state index contributed by atoms with van der Waals surface area (Å²) in [6.07, 6.45) is 0.588. The standard InChI is InChI=1S/C26H25N5O3S/c1-26(2,3)29-22-21(28-25-31(22)17-6-4-5-7-19(17)35-25)14-8-9-16-15(12-14)13-30(24(16)34)18-10-11-20(32)27-23(18)33/h4-9,12,18,29H,10-11,13H2,1-3H3,(H,27,32,33). The molecule has 3 amide bonds. The van der Waals surface area contributed by atoms with Gasteiger partial charge in [-0.15, -0.1) is 0 Å². The van der Waals surface area contributed by atoms with Crippen LogP contribution in [0.5, 0.6) is 0 Å². The molecule has 0 aliphatic carbocycles. The summed E-state index contributed by atoms with van der Waals surface area (Å²) in [6.45, 7) is 6.68. The number of imide groups is 1. The lowest BCUT2D eigenvalue weighted by atomic mass is 10.0. The summed E-state index contributed by atoms with van der Waals surface area (Å²) in [7, 11) is 0. The predicted molar refractivity (Wildman–Crippen MR) is 135 cm³/mol. The van der Waals surface area contributed by atoms with E-state index in [1.807, 2.05) is 30.3 Å². The number of para-hydroxylation sites is 1. The summed E-state index contributed by atoms with van der Waals surface area (Å²) in [5, 5.41) is 6.00. The van der Waals surface area contributed by atoms with Crippen LogP contribution in [0.15, 0.2) is 42.5 Å². The van der Waals surface area contributed by atoms with Crippen molar-refractivity contribution in [2.24, 2.45) is 0 Å². The zero-order valence-corrected chi connectivity index (χ0v) is 20.5. The van der Waals surface area contributed by atoms with Crippen molar-refractivity contribution >= 4 is 50.1 Å². The second kappa shape index (κ2) is 7.64. The average molecular weight is 488 g/mol. The number of thiazole rings is 1. The van der Waals surface area contributed by atoms with Gasteiger partial charge in [-0.3, -0.25) is 24.1 Å². The van der Waals surface area contributed by atoms with Crippen molar-refractivity contribution in [1.29, 1.82) is 0 Å². The Balaban J connectivity index is 1.42. The molecule has 2 N–H and O–H groups in total. The Bertz CT molecular complexity index is 1540. The molecule has 8 nitrogen and oxygen atoms in total. The average Bonchev–Trinajstić information content (AvgIpc) is 3.43. The van der Waals surface area contributed by atoms with Gasteiger partial charge in [0.15, 0.2) is 4.96 Å². The summed E-state index contributed by atoms with van der Waals surface area (Å²) >= 11 is 1.64. The van der Waals surface area contributed by atoms with E-state index in [1.165, 1.54) is 0 Å². The van der Waals surface area contributed by atoms with Crippen LogP contribution in [-0.2, 0) is 16.1 Å². The topological polar surface area (TPSA) is 95.8 Å². The van der Waals surface area contributed by atoms with E-state index in [0.717, 1.165) is 37.8 Å². The van der Waals surface area contributed by atoms with Crippen LogP contribution in [-0.4, -0.2) is 43.6 Å². The molecule has 2 aromatic heterocycles. The van der Waals surface area contributed by atoms with Gasteiger partial charge in [0.1, 0.15) is 17.6 Å². The molecule has 1 atom stereocenters. The lowest BCUT2D eigenvalue weighted by Crippen LogP contribution is -2.52. The van der Waals surface area contributed by atoms with Gasteiger partial charge in [-0.05, 0) is 57.0 Å². The summed E-state index contributed by atoms with van der Waals surface area (Å²) < 4.78 is 3.33. The van der Waals surface area contributed by atoms with Crippen LogP contribution in [0.2, 0.25) is 0 Å². The van der Waals surface area contributed by atoms with Crippen LogP contribution >= 0.6 is 11.3 Å². The van der Waals surface area contributed by atoms with Gasteiger partial charge in [-0.25, -0.2) is 4.98 Å². The molecule has 9 heteroatoms. The maximum Gasteiger partial charge on any atom is 0.255 e. The number of nitrogens with zero attached hydrogens (tertiary/aromatic N) is 3. The van der Waals surface area contributed by atoms with Crippen LogP contribution in [0, 0.1) is 0 Å². The van der Waals surface area contributed by atoms with Crippen LogP contribution in [0.1, 0.15) is 49.5 Å². The van der Waals surface area contributed by atoms with Crippen molar-refractivity contribution in [3.8, 4) is 11.3 Å². The number of aromatic nitrogens is 2. The fourth-order valence-electron chi connectivity index (χ4n) is 4.91. The fraction of sp³-hybridized carbons (Fsp3) is 0.308. The number of piperidine rings is 1. The van der Waals surface area contributed by atoms with Crippen molar-refractivity contribution < 1.29 is 14.4 Å². The third kappa shape index (κ3) is 3.58. The molecule has 1 unspecified atom stereocenters. The molecule has 2 aliphatic heterocycles. The first-order valence-electron chi connectivity index (χ1n) is 11.7. The highest BCUT2D eigenvalue weighted by atomic mass is 32.1. The van der Waals surface area contributed by atoms with Gasteiger partial charge in [-0.2, -0.15) is 0 Å². The Morgan fingerprint density at radius 2 is 1.91 bits per heavy atom. The van der Waals surface area contributed by atoms with E-state index < -0.39 is 11.9 Å². The van der Waals surface area contributed by atoms with Crippen LogP contribution in [0.25, 0.3) is 26.4 Å². The number of amides is 3. The quantitative estimate of drug-likeness (QED) is 0.423. The van der Waals surface area contributed by atoms with Gasteiger partial charge in [0.2, 0.25) is 11.8 Å². The van der Waals surface area contributed by atoms with Crippen LogP contribution < -0.4 is 10.6 Å². The molecule has 0 spiro atoms. The summed E-state index contributed by atoms with van der Waals surface area (Å²) in [5.41, 5.74) is 4.09. The molecule has 4 heterocycles. The Labute approximate surface area is 205 Å². The SMILES string of the molecule is CC(C)(C)Nc1c(-c2ccc3c(c2)CN(C2CCC(=O)NC2=O)C3=O)nc2sc3ccccc3n12. The fourth-order valence-corrected chi connectivity index (χ4v) is 5.94. The molecular weight excluding hydrogens is 462 g/mol. The lowest BCUT2D eigenvalue weighted by Gasteiger charge is -2.29. The number of imidazole rings is 1. The smallest absolute Gasteiger partial charge is 0.255 e. The highest BCUT2D eigenvalue weighted by Crippen LogP contribution is 2.39. The number of anilines is 1. The van der Waals surface area contributed by atoms with E-state index in [-0.39, 0.29) is 23.8 Å². The van der Waals surface area contributed by atoms with Gasteiger partial charge >= 0.3 is 0 Å². The van der Waals surface area contributed by atoms with Crippen molar-refractivity contribution in [3.05, 3.63) is 53.6 Å². The number of rotatable bonds is 3. The summed E-state index contributed by atoms with van der Waals surface area (Å²) in [6, 6.07) is 13.4. The number of carbonyl (C=O) groups excluding carboxylic acids is 3. The Morgan fingerprint density at radius 3 is 2.69 bits per heavy atom. The number of fused-ring (bicyclic) bond motifs is 4. The normalized spacial score (nSPS) is 18.4. The largest absolute Gasteiger partial charge is 0.365 e. The second-order valence-corrected chi connectivity index (χ2v) is 11.2. The molecule has 0 radical (unpaired) electrons. The lowest BCUT2D eigenvalue weighted by molar-refractivity contribution is -0.136. The van der Waals surface area contributed by atoms with Crippen molar-refractivity contribution in [3.63, 3.8) is 0 Å².